The van der Waals surface area contributed by atoms with Gasteiger partial charge in [-0.3, -0.25) is 14.9 Å². The zero-order valence-corrected chi connectivity index (χ0v) is 13.0. The zero-order chi connectivity index (χ0) is 15.5. The van der Waals surface area contributed by atoms with E-state index in [1.54, 1.807) is 12.1 Å². The molecule has 0 amide bonds. The van der Waals surface area contributed by atoms with Gasteiger partial charge in [0.2, 0.25) is 5.24 Å². The van der Waals surface area contributed by atoms with E-state index in [4.69, 9.17) is 11.6 Å². The molecule has 4 saturated carbocycles. The summed E-state index contributed by atoms with van der Waals surface area (Å²) in [5, 5.41) is 10.7. The SMILES string of the molecule is O=C(Cl)C12CC3CC(C1)CC(c1ccc([N+](=O)[O-])cc1)(C3)C2. The Labute approximate surface area is 134 Å². The molecule has 4 aliphatic carbocycles. The van der Waals surface area contributed by atoms with Gasteiger partial charge in [0, 0.05) is 17.5 Å². The normalized spacial score (nSPS) is 39.0. The maximum absolute atomic E-state index is 12.1. The predicted octanol–water partition coefficient (Wildman–Crippen LogP) is 4.20. The highest BCUT2D eigenvalue weighted by Gasteiger charge is 2.60. The summed E-state index contributed by atoms with van der Waals surface area (Å²) in [7, 11) is 0. The largest absolute Gasteiger partial charge is 0.281 e. The number of nitro benzene ring substituents is 1. The average molecular weight is 320 g/mol. The maximum Gasteiger partial charge on any atom is 0.269 e. The summed E-state index contributed by atoms with van der Waals surface area (Å²) in [5.41, 5.74) is 0.906. The number of hydrogen-bond donors (Lipinski definition) is 0. The fourth-order valence-corrected chi connectivity index (χ4v) is 5.99. The van der Waals surface area contributed by atoms with Crippen LogP contribution in [0.4, 0.5) is 5.69 Å². The molecule has 4 nitrogen and oxygen atoms in total. The van der Waals surface area contributed by atoms with E-state index in [0.717, 1.165) is 37.7 Å². The molecule has 5 heteroatoms. The van der Waals surface area contributed by atoms with Crippen LogP contribution in [0.2, 0.25) is 0 Å². The van der Waals surface area contributed by atoms with Crippen molar-refractivity contribution in [3.05, 3.63) is 39.9 Å². The third-order valence-corrected chi connectivity index (χ3v) is 6.57. The zero-order valence-electron chi connectivity index (χ0n) is 12.3. The number of halogens is 1. The molecule has 4 aliphatic rings. The van der Waals surface area contributed by atoms with Crippen LogP contribution in [0.5, 0.6) is 0 Å². The van der Waals surface area contributed by atoms with Crippen molar-refractivity contribution in [2.75, 3.05) is 0 Å². The predicted molar refractivity (Wildman–Crippen MR) is 82.7 cm³/mol. The van der Waals surface area contributed by atoms with Crippen LogP contribution in [-0.4, -0.2) is 10.2 Å². The molecule has 0 saturated heterocycles. The van der Waals surface area contributed by atoms with E-state index in [-0.39, 0.29) is 26.7 Å². The van der Waals surface area contributed by atoms with Gasteiger partial charge in [0.15, 0.2) is 0 Å². The summed E-state index contributed by atoms with van der Waals surface area (Å²) in [6.07, 6.45) is 6.06. The Morgan fingerprint density at radius 2 is 1.73 bits per heavy atom. The van der Waals surface area contributed by atoms with Gasteiger partial charge >= 0.3 is 0 Å². The van der Waals surface area contributed by atoms with Crippen molar-refractivity contribution < 1.29 is 9.72 Å². The molecule has 0 spiro atoms. The highest BCUT2D eigenvalue weighted by Crippen LogP contribution is 2.66. The fourth-order valence-electron chi connectivity index (χ4n) is 5.77. The Balaban J connectivity index is 1.74. The van der Waals surface area contributed by atoms with Gasteiger partial charge in [-0.2, -0.15) is 0 Å². The van der Waals surface area contributed by atoms with E-state index >= 15 is 0 Å². The molecule has 0 aliphatic heterocycles. The van der Waals surface area contributed by atoms with Gasteiger partial charge in [-0.05, 0) is 72.9 Å². The molecular weight excluding hydrogens is 302 g/mol. The van der Waals surface area contributed by atoms with Crippen LogP contribution in [0, 0.1) is 27.4 Å². The van der Waals surface area contributed by atoms with Crippen LogP contribution < -0.4 is 0 Å². The van der Waals surface area contributed by atoms with Crippen molar-refractivity contribution in [3.63, 3.8) is 0 Å². The summed E-state index contributed by atoms with van der Waals surface area (Å²) < 4.78 is 0. The van der Waals surface area contributed by atoms with Gasteiger partial charge in [0.05, 0.1) is 4.92 Å². The molecule has 2 unspecified atom stereocenters. The second-order valence-corrected chi connectivity index (χ2v) is 7.94. The number of non-ortho nitro benzene ring substituents is 1. The number of hydrogen-bond acceptors (Lipinski definition) is 3. The molecule has 4 fully saturated rings. The van der Waals surface area contributed by atoms with Gasteiger partial charge in [-0.25, -0.2) is 0 Å². The Hall–Kier alpha value is -1.42. The number of nitrogens with zero attached hydrogens (tertiary/aromatic N) is 1. The van der Waals surface area contributed by atoms with Crippen molar-refractivity contribution in [1.29, 1.82) is 0 Å². The van der Waals surface area contributed by atoms with Gasteiger partial charge in [0.25, 0.3) is 5.69 Å². The van der Waals surface area contributed by atoms with E-state index in [1.807, 2.05) is 12.1 Å². The van der Waals surface area contributed by atoms with Crippen LogP contribution in [0.25, 0.3) is 0 Å². The van der Waals surface area contributed by atoms with Crippen molar-refractivity contribution in [2.24, 2.45) is 17.3 Å². The van der Waals surface area contributed by atoms with Gasteiger partial charge in [-0.1, -0.05) is 12.1 Å². The topological polar surface area (TPSA) is 60.2 Å². The maximum atomic E-state index is 12.1. The van der Waals surface area contributed by atoms with Gasteiger partial charge < -0.3 is 0 Å². The van der Waals surface area contributed by atoms with Crippen molar-refractivity contribution in [2.45, 2.75) is 43.9 Å². The first-order valence-electron chi connectivity index (χ1n) is 7.87. The monoisotopic (exact) mass is 319 g/mol. The van der Waals surface area contributed by atoms with Crippen LogP contribution >= 0.6 is 11.6 Å². The van der Waals surface area contributed by atoms with Crippen LogP contribution in [0.15, 0.2) is 24.3 Å². The number of carbonyl (C=O) groups excluding carboxylic acids is 1. The van der Waals surface area contributed by atoms with Gasteiger partial charge in [-0.15, -0.1) is 0 Å². The molecular formula is C17H18ClNO3. The molecule has 4 bridgehead atoms. The van der Waals surface area contributed by atoms with Crippen molar-refractivity contribution >= 4 is 22.5 Å². The third-order valence-electron chi connectivity index (χ3n) is 6.17. The number of benzene rings is 1. The smallest absolute Gasteiger partial charge is 0.269 e. The number of rotatable bonds is 3. The highest BCUT2D eigenvalue weighted by molar-refractivity contribution is 6.64. The molecule has 1 aromatic rings. The fraction of sp³-hybridized carbons (Fsp3) is 0.588. The summed E-state index contributed by atoms with van der Waals surface area (Å²) >= 11 is 5.99. The lowest BCUT2D eigenvalue weighted by Gasteiger charge is -2.61. The Bertz CT molecular complexity index is 640. The molecule has 5 rings (SSSR count). The standard InChI is InChI=1S/C17H18ClNO3/c18-15(20)17-8-11-5-12(9-17)7-16(6-11,10-17)13-1-3-14(4-2-13)19(21)22/h1-4,11-12H,5-10H2. The van der Waals surface area contributed by atoms with E-state index in [0.29, 0.717) is 11.8 Å². The van der Waals surface area contributed by atoms with Crippen LogP contribution in [0.3, 0.4) is 0 Å². The first-order valence-corrected chi connectivity index (χ1v) is 8.25. The third kappa shape index (κ3) is 1.93. The second-order valence-electron chi connectivity index (χ2n) is 7.60. The molecule has 0 N–H and O–H groups in total. The summed E-state index contributed by atoms with van der Waals surface area (Å²) in [5.74, 6) is 1.14. The quantitative estimate of drug-likeness (QED) is 0.476. The molecule has 2 atom stereocenters. The molecule has 22 heavy (non-hydrogen) atoms. The van der Waals surface area contributed by atoms with Crippen LogP contribution in [0.1, 0.15) is 44.1 Å². The molecule has 0 radical (unpaired) electrons. The minimum Gasteiger partial charge on any atom is -0.281 e. The lowest BCUT2D eigenvalue weighted by atomic mass is 9.43. The molecule has 1 aromatic carbocycles. The molecule has 0 heterocycles. The van der Waals surface area contributed by atoms with E-state index in [9.17, 15) is 14.9 Å². The van der Waals surface area contributed by atoms with E-state index < -0.39 is 0 Å². The number of carbonyl (C=O) groups is 1. The summed E-state index contributed by atoms with van der Waals surface area (Å²) in [6.45, 7) is 0. The lowest BCUT2D eigenvalue weighted by Crippen LogP contribution is -2.55. The first-order chi connectivity index (χ1) is 10.4. The Morgan fingerprint density at radius 1 is 1.14 bits per heavy atom. The van der Waals surface area contributed by atoms with E-state index in [1.165, 1.54) is 6.42 Å². The minimum absolute atomic E-state index is 0.0102. The highest BCUT2D eigenvalue weighted by atomic mass is 35.5. The van der Waals surface area contributed by atoms with Crippen molar-refractivity contribution in [1.82, 2.24) is 0 Å². The molecule has 0 aromatic heterocycles. The first kappa shape index (κ1) is 14.2. The minimum atomic E-state index is -0.368. The lowest BCUT2D eigenvalue weighted by molar-refractivity contribution is -0.384. The number of nitro groups is 1. The Kier molecular flexibility index (Phi) is 2.93. The summed E-state index contributed by atoms with van der Waals surface area (Å²) in [4.78, 5) is 22.6. The van der Waals surface area contributed by atoms with Gasteiger partial charge in [0.1, 0.15) is 0 Å². The van der Waals surface area contributed by atoms with E-state index in [2.05, 4.69) is 0 Å². The summed E-state index contributed by atoms with van der Waals surface area (Å²) in [6, 6.07) is 6.95. The van der Waals surface area contributed by atoms with Crippen LogP contribution in [-0.2, 0) is 10.2 Å². The molecule has 116 valence electrons. The van der Waals surface area contributed by atoms with Crippen molar-refractivity contribution in [3.8, 4) is 0 Å². The average Bonchev–Trinajstić information content (AvgIpc) is 2.46. The second kappa shape index (κ2) is 4.54. The Morgan fingerprint density at radius 3 is 2.23 bits per heavy atom.